The molecular formula is C38H49N5O9S. The standard InChI is InChI=1S/C38H49N5O9S/c1-22-7-5-6-8-25-20-38(25,35(46)42-53(48,49)28-10-11-28)41-32(44)30-19-27(51-33-29-12-9-26(50-4)18-24(29)13-16-39-33)21-43(30)34(45)31(23(2)17-22)40-36(47)52-37(3)14-15-37/h6,8-9,12-13,16,18,22-23,25,27-28,30-31H,5,7,10-11,14-15,17,19-21H2,1-4H3,(H,40,47)(H,41,44)(H,42,46)/b8-6-/t22-,23-,25-,27-,30+,31+,38-/m1/s1. The topological polar surface area (TPSA) is 182 Å². The Balaban J connectivity index is 1.21. The molecule has 4 fully saturated rings. The normalized spacial score (nSPS) is 31.8. The minimum atomic E-state index is -3.89. The zero-order valence-corrected chi connectivity index (χ0v) is 31.4. The summed E-state index contributed by atoms with van der Waals surface area (Å²) in [6, 6.07) is 5.19. The molecule has 53 heavy (non-hydrogen) atoms. The zero-order chi connectivity index (χ0) is 37.7. The lowest BCUT2D eigenvalue weighted by Crippen LogP contribution is -2.59. The largest absolute Gasteiger partial charge is 0.497 e. The van der Waals surface area contributed by atoms with Crippen LogP contribution in [0.25, 0.3) is 10.8 Å². The number of rotatable bonds is 8. The summed E-state index contributed by atoms with van der Waals surface area (Å²) in [5, 5.41) is 6.66. The summed E-state index contributed by atoms with van der Waals surface area (Å²) in [5.41, 5.74) is -2.07. The van der Waals surface area contributed by atoms with Crippen LogP contribution in [0.5, 0.6) is 11.6 Å². The molecule has 7 atom stereocenters. The first kappa shape index (κ1) is 36.9. The van der Waals surface area contributed by atoms with Gasteiger partial charge in [0.05, 0.1) is 18.9 Å². The molecule has 286 valence electrons. The number of benzene rings is 1. The second-order valence-corrected chi connectivity index (χ2v) is 17.9. The van der Waals surface area contributed by atoms with Crippen LogP contribution >= 0.6 is 0 Å². The number of alkyl carbamates (subject to hydrolysis) is 1. The Morgan fingerprint density at radius 2 is 1.85 bits per heavy atom. The molecule has 4 amide bonds. The van der Waals surface area contributed by atoms with Crippen molar-refractivity contribution in [1.29, 1.82) is 0 Å². The number of nitrogens with zero attached hydrogens (tertiary/aromatic N) is 2. The Bertz CT molecular complexity index is 1930. The molecule has 5 aliphatic rings. The molecule has 3 N–H and O–H groups in total. The molecule has 3 heterocycles. The van der Waals surface area contributed by atoms with Gasteiger partial charge in [0.25, 0.3) is 5.91 Å². The van der Waals surface area contributed by atoms with Crippen molar-refractivity contribution in [2.24, 2.45) is 17.8 Å². The number of hydrogen-bond acceptors (Lipinski definition) is 10. The number of methoxy groups -OCH3 is 1. The molecule has 15 heteroatoms. The van der Waals surface area contributed by atoms with Crippen LogP contribution in [0.1, 0.15) is 78.6 Å². The first-order valence-corrected chi connectivity index (χ1v) is 20.2. The van der Waals surface area contributed by atoms with Crippen molar-refractivity contribution in [3.8, 4) is 11.6 Å². The van der Waals surface area contributed by atoms with E-state index >= 15 is 0 Å². The lowest BCUT2D eigenvalue weighted by atomic mass is 9.88. The molecule has 0 unspecified atom stereocenters. The van der Waals surface area contributed by atoms with Crippen molar-refractivity contribution >= 4 is 44.6 Å². The summed E-state index contributed by atoms with van der Waals surface area (Å²) in [4.78, 5) is 62.0. The molecular weight excluding hydrogens is 703 g/mol. The second-order valence-electron chi connectivity index (χ2n) is 15.9. The number of aromatic nitrogens is 1. The number of pyridine rings is 1. The van der Waals surface area contributed by atoms with Crippen molar-refractivity contribution in [2.75, 3.05) is 13.7 Å². The van der Waals surface area contributed by atoms with E-state index in [1.807, 2.05) is 44.2 Å². The van der Waals surface area contributed by atoms with E-state index in [4.69, 9.17) is 14.2 Å². The predicted molar refractivity (Wildman–Crippen MR) is 194 cm³/mol. The summed E-state index contributed by atoms with van der Waals surface area (Å²) >= 11 is 0. The highest BCUT2D eigenvalue weighted by Crippen LogP contribution is 2.46. The summed E-state index contributed by atoms with van der Waals surface area (Å²) < 4.78 is 45.4. The van der Waals surface area contributed by atoms with Crippen LogP contribution < -0.4 is 24.8 Å². The molecule has 2 aromatic rings. The third-order valence-corrected chi connectivity index (χ3v) is 13.2. The van der Waals surface area contributed by atoms with Gasteiger partial charge in [-0.1, -0.05) is 26.0 Å². The van der Waals surface area contributed by atoms with E-state index < -0.39 is 74.3 Å². The van der Waals surface area contributed by atoms with Gasteiger partial charge in [-0.25, -0.2) is 18.2 Å². The first-order valence-electron chi connectivity index (χ1n) is 18.6. The average Bonchev–Trinajstić information content (AvgIpc) is 4.06. The van der Waals surface area contributed by atoms with Crippen molar-refractivity contribution < 1.29 is 41.8 Å². The highest BCUT2D eigenvalue weighted by molar-refractivity contribution is 7.91. The van der Waals surface area contributed by atoms with Gasteiger partial charge in [-0.2, -0.15) is 0 Å². The Kier molecular flexibility index (Phi) is 9.83. The van der Waals surface area contributed by atoms with Crippen LogP contribution in [0.4, 0.5) is 4.79 Å². The molecule has 1 aromatic carbocycles. The van der Waals surface area contributed by atoms with Crippen LogP contribution in [0, 0.1) is 17.8 Å². The first-order chi connectivity index (χ1) is 25.2. The highest BCUT2D eigenvalue weighted by Gasteiger charge is 2.62. The van der Waals surface area contributed by atoms with Crippen molar-refractivity contribution in [1.82, 2.24) is 25.2 Å². The second kappa shape index (κ2) is 14.1. The third kappa shape index (κ3) is 7.95. The van der Waals surface area contributed by atoms with Gasteiger partial charge in [0.2, 0.25) is 27.7 Å². The smallest absolute Gasteiger partial charge is 0.408 e. The third-order valence-electron chi connectivity index (χ3n) is 11.4. The van der Waals surface area contributed by atoms with Crippen LogP contribution in [0.2, 0.25) is 0 Å². The number of carbonyl (C=O) groups excluding carboxylic acids is 4. The van der Waals surface area contributed by atoms with Gasteiger partial charge in [0, 0.05) is 23.9 Å². The molecule has 3 saturated carbocycles. The van der Waals surface area contributed by atoms with Crippen molar-refractivity contribution in [3.63, 3.8) is 0 Å². The monoisotopic (exact) mass is 751 g/mol. The molecule has 1 saturated heterocycles. The fraction of sp³-hybridized carbons (Fsp3) is 0.605. The van der Waals surface area contributed by atoms with Gasteiger partial charge in [-0.15, -0.1) is 0 Å². The minimum absolute atomic E-state index is 0.00303. The van der Waals surface area contributed by atoms with E-state index in [1.165, 1.54) is 4.90 Å². The van der Waals surface area contributed by atoms with E-state index in [2.05, 4.69) is 27.3 Å². The summed E-state index contributed by atoms with van der Waals surface area (Å²) in [6.45, 7) is 5.84. The highest BCUT2D eigenvalue weighted by atomic mass is 32.2. The van der Waals surface area contributed by atoms with E-state index in [0.717, 1.165) is 24.6 Å². The number of hydrogen-bond donors (Lipinski definition) is 3. The van der Waals surface area contributed by atoms with E-state index in [1.54, 1.807) is 19.4 Å². The zero-order valence-electron chi connectivity index (χ0n) is 30.6. The quantitative estimate of drug-likeness (QED) is 0.336. The van der Waals surface area contributed by atoms with Gasteiger partial charge in [-0.05, 0) is 99.8 Å². The maximum Gasteiger partial charge on any atom is 0.408 e. The van der Waals surface area contributed by atoms with Gasteiger partial charge in [0.15, 0.2) is 0 Å². The molecule has 0 bridgehead atoms. The number of amides is 4. The van der Waals surface area contributed by atoms with E-state index in [9.17, 15) is 27.6 Å². The molecule has 14 nitrogen and oxygen atoms in total. The maximum atomic E-state index is 14.7. The number of nitrogens with one attached hydrogen (secondary N) is 3. The Labute approximate surface area is 309 Å². The van der Waals surface area contributed by atoms with Gasteiger partial charge in [0.1, 0.15) is 35.1 Å². The Morgan fingerprint density at radius 1 is 1.08 bits per heavy atom. The molecule has 7 rings (SSSR count). The van der Waals surface area contributed by atoms with Crippen LogP contribution in [0.3, 0.4) is 0 Å². The van der Waals surface area contributed by atoms with Crippen LogP contribution in [0.15, 0.2) is 42.6 Å². The Morgan fingerprint density at radius 3 is 2.57 bits per heavy atom. The SMILES string of the molecule is COc1ccc2c(O[C@@H]3C[C@H]4C(=O)N[C@]5(C(=O)NS(=O)(=O)C6CC6)C[C@H]5/C=C\CC[C@@H](C)C[C@@H](C)[C@H](NC(=O)OC5(C)CC5)C(=O)N4C3)nccc2c1. The lowest BCUT2D eigenvalue weighted by molar-refractivity contribution is -0.142. The summed E-state index contributed by atoms with van der Waals surface area (Å²) in [7, 11) is -2.31. The molecule has 1 aromatic heterocycles. The van der Waals surface area contributed by atoms with Crippen molar-refractivity contribution in [3.05, 3.63) is 42.6 Å². The number of allylic oxidation sites excluding steroid dienone is 1. The fourth-order valence-electron chi connectivity index (χ4n) is 7.66. The summed E-state index contributed by atoms with van der Waals surface area (Å²) in [5.74, 6) is -1.46. The maximum absolute atomic E-state index is 14.7. The fourth-order valence-corrected chi connectivity index (χ4v) is 9.03. The average molecular weight is 752 g/mol. The van der Waals surface area contributed by atoms with Gasteiger partial charge < -0.3 is 29.7 Å². The Hall–Kier alpha value is -4.40. The van der Waals surface area contributed by atoms with E-state index in [0.29, 0.717) is 42.7 Å². The van der Waals surface area contributed by atoms with Gasteiger partial charge in [-0.3, -0.25) is 19.1 Å². The lowest BCUT2D eigenvalue weighted by Gasteiger charge is -2.33. The number of fused-ring (bicyclic) bond motifs is 3. The van der Waals surface area contributed by atoms with Crippen molar-refractivity contribution in [2.45, 2.75) is 113 Å². The number of ether oxygens (including phenoxy) is 3. The number of sulfonamides is 1. The minimum Gasteiger partial charge on any atom is -0.497 e. The van der Waals surface area contributed by atoms with Gasteiger partial charge >= 0.3 is 6.09 Å². The van der Waals surface area contributed by atoms with Crippen LogP contribution in [-0.4, -0.2) is 90.3 Å². The predicted octanol–water partition coefficient (Wildman–Crippen LogP) is 3.73. The summed E-state index contributed by atoms with van der Waals surface area (Å²) in [6.07, 6.45) is 8.86. The molecule has 3 aliphatic carbocycles. The van der Waals surface area contributed by atoms with E-state index in [-0.39, 0.29) is 31.2 Å². The molecule has 2 aliphatic heterocycles. The van der Waals surface area contributed by atoms with Crippen LogP contribution in [-0.2, 0) is 29.1 Å². The molecule has 0 radical (unpaired) electrons. The molecule has 0 spiro atoms. The number of carbonyl (C=O) groups is 4.